The Morgan fingerprint density at radius 2 is 1.62 bits per heavy atom. The summed E-state index contributed by atoms with van der Waals surface area (Å²) in [6, 6.07) is 20.3. The molecule has 0 saturated carbocycles. The molecule has 0 aliphatic carbocycles. The van der Waals surface area contributed by atoms with Crippen molar-refractivity contribution in [2.24, 2.45) is 5.92 Å². The highest BCUT2D eigenvalue weighted by atomic mass is 19.1. The van der Waals surface area contributed by atoms with E-state index in [9.17, 15) is 14.0 Å². The Labute approximate surface area is 284 Å². The Hall–Kier alpha value is -4.02. The Kier molecular flexibility index (Phi) is 12.6. The predicted octanol–water partition coefficient (Wildman–Crippen LogP) is 7.10. The number of aryl methyl sites for hydroxylation is 1. The molecule has 1 aliphatic rings. The number of carbonyl (C=O) groups excluding carboxylic acids is 2. The molecule has 9 nitrogen and oxygen atoms in total. The monoisotopic (exact) mass is 662 g/mol. The summed E-state index contributed by atoms with van der Waals surface area (Å²) in [7, 11) is 0. The van der Waals surface area contributed by atoms with Crippen LogP contribution in [-0.2, 0) is 33.6 Å². The van der Waals surface area contributed by atoms with Crippen molar-refractivity contribution in [1.82, 2.24) is 15.2 Å². The van der Waals surface area contributed by atoms with E-state index in [0.717, 1.165) is 22.4 Å². The first-order valence-electron chi connectivity index (χ1n) is 16.7. The van der Waals surface area contributed by atoms with Crippen LogP contribution in [0.3, 0.4) is 0 Å². The van der Waals surface area contributed by atoms with E-state index in [2.05, 4.69) is 5.32 Å². The van der Waals surface area contributed by atoms with Gasteiger partial charge in [-0.2, -0.15) is 0 Å². The summed E-state index contributed by atoms with van der Waals surface area (Å²) in [5.41, 5.74) is 2.35. The number of likely N-dealkylation sites (tertiary alicyclic amines) is 1. The minimum Gasteiger partial charge on any atom is -0.444 e. The Morgan fingerprint density at radius 1 is 0.917 bits per heavy atom. The van der Waals surface area contributed by atoms with E-state index in [1.165, 1.54) is 6.07 Å². The molecule has 48 heavy (non-hydrogen) atoms. The minimum atomic E-state index is -0.674. The average molecular weight is 663 g/mol. The number of pyridine rings is 1. The van der Waals surface area contributed by atoms with Crippen LogP contribution in [0, 0.1) is 18.7 Å². The first-order chi connectivity index (χ1) is 22.6. The molecule has 0 spiro atoms. The summed E-state index contributed by atoms with van der Waals surface area (Å²) < 4.78 is 31.3. The molecule has 2 atom stereocenters. The lowest BCUT2D eigenvalue weighted by atomic mass is 9.98. The smallest absolute Gasteiger partial charge is 0.416 e. The summed E-state index contributed by atoms with van der Waals surface area (Å²) >= 11 is 0. The van der Waals surface area contributed by atoms with Gasteiger partial charge in [-0.25, -0.2) is 19.0 Å². The molecule has 1 aliphatic heterocycles. The van der Waals surface area contributed by atoms with Crippen molar-refractivity contribution in [2.45, 2.75) is 85.2 Å². The van der Waals surface area contributed by atoms with E-state index in [1.807, 2.05) is 97.0 Å². The molecule has 3 aromatic rings. The fourth-order valence-electron chi connectivity index (χ4n) is 5.59. The van der Waals surface area contributed by atoms with Gasteiger partial charge in [0.2, 0.25) is 0 Å². The van der Waals surface area contributed by atoms with Gasteiger partial charge in [0, 0.05) is 24.7 Å². The third-order valence-corrected chi connectivity index (χ3v) is 7.68. The van der Waals surface area contributed by atoms with Gasteiger partial charge in [0.25, 0.3) is 0 Å². The first kappa shape index (κ1) is 36.8. The van der Waals surface area contributed by atoms with Gasteiger partial charge in [-0.1, -0.05) is 42.5 Å². The molecule has 1 fully saturated rings. The Morgan fingerprint density at radius 3 is 2.31 bits per heavy atom. The zero-order valence-corrected chi connectivity index (χ0v) is 29.4. The molecule has 1 saturated heterocycles. The number of hydrogen-bond acceptors (Lipinski definition) is 7. The number of rotatable bonds is 12. The van der Waals surface area contributed by atoms with Gasteiger partial charge in [-0.3, -0.25) is 4.90 Å². The maximum absolute atomic E-state index is 13.5. The van der Waals surface area contributed by atoms with Crippen LogP contribution in [-0.4, -0.2) is 72.2 Å². The number of ether oxygens (including phenoxy) is 3. The standard InChI is InChI=1S/C38H51FN4O5/c1-27-20-32(41-34(21-27)43(36(45)48-38(5,6)7)24-29-12-9-8-10-13-29)23-30-25-42(35(44)47-37(2,3)4)26-33(30)46-19-18-40-17-16-28-14-11-15-31(39)22-28/h8-15,20-22,30,33,40H,16-19,23-26H2,1-7H3/t30-,33+/m0/s1. The zero-order valence-electron chi connectivity index (χ0n) is 29.4. The third-order valence-electron chi connectivity index (χ3n) is 7.68. The number of anilines is 1. The van der Waals surface area contributed by atoms with E-state index < -0.39 is 17.3 Å². The number of carbonyl (C=O) groups is 2. The van der Waals surface area contributed by atoms with Crippen molar-refractivity contribution in [3.8, 4) is 0 Å². The quantitative estimate of drug-likeness (QED) is 0.207. The van der Waals surface area contributed by atoms with Gasteiger partial charge >= 0.3 is 12.2 Å². The van der Waals surface area contributed by atoms with Crippen LogP contribution >= 0.6 is 0 Å². The predicted molar refractivity (Wildman–Crippen MR) is 186 cm³/mol. The van der Waals surface area contributed by atoms with Gasteiger partial charge in [0.05, 0.1) is 25.8 Å². The van der Waals surface area contributed by atoms with Crippen LogP contribution in [0.1, 0.15) is 63.9 Å². The molecule has 2 heterocycles. The van der Waals surface area contributed by atoms with Crippen LogP contribution in [0.25, 0.3) is 0 Å². The maximum atomic E-state index is 13.5. The van der Waals surface area contributed by atoms with Gasteiger partial charge in [-0.15, -0.1) is 0 Å². The van der Waals surface area contributed by atoms with Crippen molar-refractivity contribution in [1.29, 1.82) is 0 Å². The minimum absolute atomic E-state index is 0.0453. The maximum Gasteiger partial charge on any atom is 0.416 e. The number of aromatic nitrogens is 1. The largest absolute Gasteiger partial charge is 0.444 e. The van der Waals surface area contributed by atoms with Crippen molar-refractivity contribution in [3.05, 3.63) is 94.9 Å². The van der Waals surface area contributed by atoms with Crippen LogP contribution in [0.5, 0.6) is 0 Å². The molecule has 0 radical (unpaired) electrons. The molecule has 2 aromatic carbocycles. The van der Waals surface area contributed by atoms with Crippen LogP contribution in [0.2, 0.25) is 0 Å². The van der Waals surface area contributed by atoms with Crippen LogP contribution in [0.15, 0.2) is 66.7 Å². The second kappa shape index (κ2) is 16.4. The molecule has 10 heteroatoms. The summed E-state index contributed by atoms with van der Waals surface area (Å²) in [5, 5.41) is 3.37. The lowest BCUT2D eigenvalue weighted by Gasteiger charge is -2.27. The van der Waals surface area contributed by atoms with Gasteiger partial charge < -0.3 is 24.4 Å². The van der Waals surface area contributed by atoms with Crippen molar-refractivity contribution in [3.63, 3.8) is 0 Å². The van der Waals surface area contributed by atoms with Gasteiger partial charge in [0.1, 0.15) is 22.8 Å². The normalized spacial score (nSPS) is 16.5. The summed E-state index contributed by atoms with van der Waals surface area (Å²) in [6.07, 6.45) is 0.170. The van der Waals surface area contributed by atoms with E-state index in [-0.39, 0.29) is 23.9 Å². The van der Waals surface area contributed by atoms with E-state index in [0.29, 0.717) is 58.0 Å². The molecule has 1 aromatic heterocycles. The molecule has 1 N–H and O–H groups in total. The molecular formula is C38H51FN4O5. The summed E-state index contributed by atoms with van der Waals surface area (Å²) in [6.45, 7) is 16.0. The van der Waals surface area contributed by atoms with Gasteiger partial charge in [-0.05, 0) is 109 Å². The number of benzene rings is 2. The molecule has 260 valence electrons. The Bertz CT molecular complexity index is 1500. The third kappa shape index (κ3) is 11.9. The highest BCUT2D eigenvalue weighted by molar-refractivity contribution is 5.86. The second-order valence-corrected chi connectivity index (χ2v) is 14.4. The summed E-state index contributed by atoms with van der Waals surface area (Å²) in [5.74, 6) is 0.225. The van der Waals surface area contributed by atoms with Crippen LogP contribution in [0.4, 0.5) is 19.8 Å². The Balaban J connectivity index is 1.48. The molecule has 2 amide bonds. The van der Waals surface area contributed by atoms with Crippen LogP contribution < -0.4 is 10.2 Å². The van der Waals surface area contributed by atoms with Crippen molar-refractivity contribution >= 4 is 18.0 Å². The number of hydrogen-bond donors (Lipinski definition) is 1. The SMILES string of the molecule is Cc1cc(C[C@H]2CN(C(=O)OC(C)(C)C)C[C@H]2OCCNCCc2cccc(F)c2)nc(N(Cc2ccccc2)C(=O)OC(C)(C)C)c1. The number of amides is 2. The van der Waals surface area contributed by atoms with E-state index in [4.69, 9.17) is 19.2 Å². The topological polar surface area (TPSA) is 93.2 Å². The van der Waals surface area contributed by atoms with Crippen molar-refractivity contribution < 1.29 is 28.2 Å². The highest BCUT2D eigenvalue weighted by Gasteiger charge is 2.38. The first-order valence-corrected chi connectivity index (χ1v) is 16.7. The summed E-state index contributed by atoms with van der Waals surface area (Å²) in [4.78, 5) is 34.8. The lowest BCUT2D eigenvalue weighted by Crippen LogP contribution is -2.37. The number of nitrogens with zero attached hydrogens (tertiary/aromatic N) is 3. The zero-order chi connectivity index (χ0) is 34.9. The second-order valence-electron chi connectivity index (χ2n) is 14.4. The highest BCUT2D eigenvalue weighted by Crippen LogP contribution is 2.28. The number of halogens is 1. The average Bonchev–Trinajstić information content (AvgIpc) is 3.38. The molecule has 0 bridgehead atoms. The molecule has 4 rings (SSSR count). The number of nitrogens with one attached hydrogen (secondary N) is 1. The molecular weight excluding hydrogens is 611 g/mol. The molecule has 0 unspecified atom stereocenters. The fourth-order valence-corrected chi connectivity index (χ4v) is 5.59. The van der Waals surface area contributed by atoms with Crippen molar-refractivity contribution in [2.75, 3.05) is 37.7 Å². The van der Waals surface area contributed by atoms with E-state index in [1.54, 1.807) is 21.9 Å². The van der Waals surface area contributed by atoms with Gasteiger partial charge in [0.15, 0.2) is 0 Å². The fraction of sp³-hybridized carbons (Fsp3) is 0.500. The van der Waals surface area contributed by atoms with E-state index >= 15 is 0 Å². The lowest BCUT2D eigenvalue weighted by molar-refractivity contribution is 0.0186.